The number of hydrogen-bond donors (Lipinski definition) is 0. The van der Waals surface area contributed by atoms with Crippen LogP contribution in [0, 0.1) is 0 Å². The highest BCUT2D eigenvalue weighted by Gasteiger charge is 2.18. The van der Waals surface area contributed by atoms with Crippen LogP contribution in [0.15, 0.2) is 36.4 Å². The minimum absolute atomic E-state index is 0.289. The molecule has 98 valence electrons. The van der Waals surface area contributed by atoms with Crippen LogP contribution in [0.2, 0.25) is 10.0 Å². The standard InChI is InChI=1S/C14H11Cl2NO2/c15-11-6-4-10(12(16)9-11)5-7-14(19)17-8-2-1-3-13(17)18/h1,3-7,9H,2,8H2. The van der Waals surface area contributed by atoms with E-state index in [0.717, 1.165) is 0 Å². The molecule has 2 amide bonds. The monoisotopic (exact) mass is 295 g/mol. The Morgan fingerprint density at radius 3 is 2.79 bits per heavy atom. The summed E-state index contributed by atoms with van der Waals surface area (Å²) in [6, 6.07) is 5.00. The molecule has 0 aromatic heterocycles. The third-order valence-electron chi connectivity index (χ3n) is 2.68. The highest BCUT2D eigenvalue weighted by Crippen LogP contribution is 2.22. The molecular formula is C14H11Cl2NO2. The molecule has 0 unspecified atom stereocenters. The van der Waals surface area contributed by atoms with Crippen LogP contribution in [0.3, 0.4) is 0 Å². The van der Waals surface area contributed by atoms with Crippen LogP contribution in [-0.2, 0) is 9.59 Å². The van der Waals surface area contributed by atoms with Gasteiger partial charge in [-0.2, -0.15) is 0 Å². The van der Waals surface area contributed by atoms with Crippen LogP contribution in [-0.4, -0.2) is 23.3 Å². The van der Waals surface area contributed by atoms with Crippen molar-refractivity contribution < 1.29 is 9.59 Å². The van der Waals surface area contributed by atoms with E-state index in [1.807, 2.05) is 0 Å². The number of imide groups is 1. The zero-order valence-electron chi connectivity index (χ0n) is 9.98. The zero-order chi connectivity index (χ0) is 13.8. The molecule has 0 saturated heterocycles. The molecule has 19 heavy (non-hydrogen) atoms. The Labute approximate surface area is 121 Å². The number of carbonyl (C=O) groups is 2. The Bertz CT molecular complexity index is 579. The van der Waals surface area contributed by atoms with Crippen molar-refractivity contribution in [2.24, 2.45) is 0 Å². The molecule has 0 bridgehead atoms. The van der Waals surface area contributed by atoms with Crippen LogP contribution < -0.4 is 0 Å². The molecule has 2 rings (SSSR count). The molecule has 0 N–H and O–H groups in total. The highest BCUT2D eigenvalue weighted by molar-refractivity contribution is 6.35. The van der Waals surface area contributed by atoms with Gasteiger partial charge in [0.1, 0.15) is 0 Å². The summed E-state index contributed by atoms with van der Waals surface area (Å²) in [6.45, 7) is 0.410. The Balaban J connectivity index is 2.12. The molecule has 0 aliphatic carbocycles. The number of nitrogens with zero attached hydrogens (tertiary/aromatic N) is 1. The average molecular weight is 296 g/mol. The van der Waals surface area contributed by atoms with E-state index in [0.29, 0.717) is 28.6 Å². The maximum absolute atomic E-state index is 11.9. The first-order valence-corrected chi connectivity index (χ1v) is 6.48. The predicted octanol–water partition coefficient (Wildman–Crippen LogP) is 3.32. The Kier molecular flexibility index (Phi) is 4.40. The van der Waals surface area contributed by atoms with Crippen molar-refractivity contribution in [2.75, 3.05) is 6.54 Å². The molecule has 1 heterocycles. The van der Waals surface area contributed by atoms with E-state index in [4.69, 9.17) is 23.2 Å². The van der Waals surface area contributed by atoms with Crippen LogP contribution in [0.4, 0.5) is 0 Å². The molecule has 3 nitrogen and oxygen atoms in total. The van der Waals surface area contributed by atoms with Crippen molar-refractivity contribution in [1.82, 2.24) is 4.90 Å². The molecule has 1 aliphatic rings. The predicted molar refractivity (Wildman–Crippen MR) is 76.0 cm³/mol. The molecule has 0 atom stereocenters. The van der Waals surface area contributed by atoms with Gasteiger partial charge in [-0.3, -0.25) is 14.5 Å². The normalized spacial score (nSPS) is 15.3. The van der Waals surface area contributed by atoms with E-state index in [2.05, 4.69) is 0 Å². The molecule has 1 aliphatic heterocycles. The first-order chi connectivity index (χ1) is 9.08. The van der Waals surface area contributed by atoms with Gasteiger partial charge in [0.05, 0.1) is 0 Å². The molecule has 0 radical (unpaired) electrons. The fourth-order valence-corrected chi connectivity index (χ4v) is 2.17. The third-order valence-corrected chi connectivity index (χ3v) is 3.24. The molecule has 0 saturated carbocycles. The van der Waals surface area contributed by atoms with Crippen molar-refractivity contribution >= 4 is 41.1 Å². The quantitative estimate of drug-likeness (QED) is 0.785. The molecule has 1 aromatic rings. The summed E-state index contributed by atoms with van der Waals surface area (Å²) in [4.78, 5) is 24.6. The smallest absolute Gasteiger partial charge is 0.253 e. The van der Waals surface area contributed by atoms with Gasteiger partial charge in [-0.25, -0.2) is 0 Å². The van der Waals surface area contributed by atoms with E-state index in [1.165, 1.54) is 17.1 Å². The minimum atomic E-state index is -0.347. The van der Waals surface area contributed by atoms with Gasteiger partial charge in [0, 0.05) is 22.7 Å². The Hall–Kier alpha value is -1.58. The molecule has 5 heteroatoms. The summed E-state index contributed by atoms with van der Waals surface area (Å²) >= 11 is 11.8. The van der Waals surface area contributed by atoms with Crippen LogP contribution in [0.25, 0.3) is 6.08 Å². The Morgan fingerprint density at radius 1 is 1.32 bits per heavy atom. The van der Waals surface area contributed by atoms with Crippen molar-refractivity contribution in [1.29, 1.82) is 0 Å². The van der Waals surface area contributed by atoms with Gasteiger partial charge in [-0.05, 0) is 36.3 Å². The lowest BCUT2D eigenvalue weighted by atomic mass is 10.2. The summed E-state index contributed by atoms with van der Waals surface area (Å²) < 4.78 is 0. The van der Waals surface area contributed by atoms with Gasteiger partial charge in [-0.15, -0.1) is 0 Å². The fraction of sp³-hybridized carbons (Fsp3) is 0.143. The molecule has 0 fully saturated rings. The number of rotatable bonds is 2. The van der Waals surface area contributed by atoms with E-state index >= 15 is 0 Å². The number of carbonyl (C=O) groups excluding carboxylic acids is 2. The molecule has 1 aromatic carbocycles. The lowest BCUT2D eigenvalue weighted by molar-refractivity contribution is -0.139. The lowest BCUT2D eigenvalue weighted by Crippen LogP contribution is -2.37. The van der Waals surface area contributed by atoms with Gasteiger partial charge in [0.15, 0.2) is 0 Å². The van der Waals surface area contributed by atoms with Crippen molar-refractivity contribution in [3.8, 4) is 0 Å². The second kappa shape index (κ2) is 6.04. The maximum atomic E-state index is 11.9. The average Bonchev–Trinajstić information content (AvgIpc) is 2.38. The summed E-state index contributed by atoms with van der Waals surface area (Å²) in [5.74, 6) is -0.636. The van der Waals surface area contributed by atoms with Gasteiger partial charge >= 0.3 is 0 Å². The second-order valence-corrected chi connectivity index (χ2v) is 4.86. The first-order valence-electron chi connectivity index (χ1n) is 5.73. The third kappa shape index (κ3) is 3.46. The number of amides is 2. The van der Waals surface area contributed by atoms with Crippen LogP contribution in [0.5, 0.6) is 0 Å². The number of hydrogen-bond acceptors (Lipinski definition) is 2. The maximum Gasteiger partial charge on any atom is 0.253 e. The van der Waals surface area contributed by atoms with Crippen LogP contribution >= 0.6 is 23.2 Å². The van der Waals surface area contributed by atoms with E-state index in [1.54, 1.807) is 30.4 Å². The lowest BCUT2D eigenvalue weighted by Gasteiger charge is -2.19. The van der Waals surface area contributed by atoms with Gasteiger partial charge < -0.3 is 0 Å². The topological polar surface area (TPSA) is 37.4 Å². The Morgan fingerprint density at radius 2 is 2.11 bits per heavy atom. The van der Waals surface area contributed by atoms with E-state index < -0.39 is 0 Å². The number of benzene rings is 1. The van der Waals surface area contributed by atoms with Crippen LogP contribution in [0.1, 0.15) is 12.0 Å². The largest absolute Gasteiger partial charge is 0.275 e. The first kappa shape index (κ1) is 13.8. The summed E-state index contributed by atoms with van der Waals surface area (Å²) in [5, 5.41) is 0.992. The summed E-state index contributed by atoms with van der Waals surface area (Å²) in [5.41, 5.74) is 0.680. The second-order valence-electron chi connectivity index (χ2n) is 4.02. The molecule has 0 spiro atoms. The zero-order valence-corrected chi connectivity index (χ0v) is 11.5. The summed E-state index contributed by atoms with van der Waals surface area (Å²) in [6.07, 6.45) is 6.77. The van der Waals surface area contributed by atoms with Crippen molar-refractivity contribution in [3.05, 3.63) is 52.0 Å². The highest BCUT2D eigenvalue weighted by atomic mass is 35.5. The van der Waals surface area contributed by atoms with Gasteiger partial charge in [0.25, 0.3) is 11.8 Å². The van der Waals surface area contributed by atoms with Crippen molar-refractivity contribution in [2.45, 2.75) is 6.42 Å². The molecular weight excluding hydrogens is 285 g/mol. The number of halogens is 2. The van der Waals surface area contributed by atoms with E-state index in [9.17, 15) is 9.59 Å². The van der Waals surface area contributed by atoms with E-state index in [-0.39, 0.29) is 11.8 Å². The SMILES string of the molecule is O=C1C=CCCN1C(=O)C=Cc1ccc(Cl)cc1Cl. The van der Waals surface area contributed by atoms with Crippen molar-refractivity contribution in [3.63, 3.8) is 0 Å². The minimum Gasteiger partial charge on any atom is -0.275 e. The fourth-order valence-electron chi connectivity index (χ4n) is 1.69. The summed E-state index contributed by atoms with van der Waals surface area (Å²) in [7, 11) is 0. The van der Waals surface area contributed by atoms with Gasteiger partial charge in [0.2, 0.25) is 0 Å². The van der Waals surface area contributed by atoms with Gasteiger partial charge in [-0.1, -0.05) is 35.3 Å².